The number of nitrogens with one attached hydrogen (secondary N) is 2. The second kappa shape index (κ2) is 5.20. The second-order valence-corrected chi connectivity index (χ2v) is 4.63. The van der Waals surface area contributed by atoms with Crippen molar-refractivity contribution in [2.75, 3.05) is 5.32 Å². The molecule has 19 heavy (non-hydrogen) atoms. The van der Waals surface area contributed by atoms with E-state index in [9.17, 15) is 4.79 Å². The van der Waals surface area contributed by atoms with Crippen molar-refractivity contribution in [3.05, 3.63) is 59.9 Å². The van der Waals surface area contributed by atoms with Gasteiger partial charge in [-0.1, -0.05) is 24.3 Å². The van der Waals surface area contributed by atoms with Crippen molar-refractivity contribution in [1.29, 1.82) is 0 Å². The maximum atomic E-state index is 12.2. The second-order valence-electron chi connectivity index (χ2n) is 4.63. The zero-order chi connectivity index (χ0) is 13.1. The van der Waals surface area contributed by atoms with Gasteiger partial charge in [0.2, 0.25) is 5.91 Å². The van der Waals surface area contributed by atoms with Gasteiger partial charge in [0.25, 0.3) is 0 Å². The Balaban J connectivity index is 1.70. The molecule has 1 amide bonds. The standard InChI is InChI=1S/C15H15N3O/c19-15(18-13-5-7-16-8-6-13)14-9-11-3-1-2-4-12(11)10-17-14/h1-8,14,17H,9-10H2,(H,16,18,19)/t14-/m0/s1. The van der Waals surface area contributed by atoms with Crippen molar-refractivity contribution in [2.24, 2.45) is 0 Å². The van der Waals surface area contributed by atoms with E-state index in [1.54, 1.807) is 24.5 Å². The highest BCUT2D eigenvalue weighted by Gasteiger charge is 2.23. The number of rotatable bonds is 2. The highest BCUT2D eigenvalue weighted by atomic mass is 16.2. The highest BCUT2D eigenvalue weighted by Crippen LogP contribution is 2.17. The van der Waals surface area contributed by atoms with Gasteiger partial charge in [0, 0.05) is 24.6 Å². The van der Waals surface area contributed by atoms with Gasteiger partial charge in [-0.05, 0) is 29.7 Å². The van der Waals surface area contributed by atoms with E-state index in [0.29, 0.717) is 0 Å². The Morgan fingerprint density at radius 1 is 1.16 bits per heavy atom. The first-order valence-corrected chi connectivity index (χ1v) is 6.34. The van der Waals surface area contributed by atoms with Gasteiger partial charge in [0.1, 0.15) is 0 Å². The van der Waals surface area contributed by atoms with Crippen LogP contribution in [0.25, 0.3) is 0 Å². The molecule has 1 aliphatic heterocycles. The Morgan fingerprint density at radius 2 is 1.89 bits per heavy atom. The molecule has 0 fully saturated rings. The van der Waals surface area contributed by atoms with Crippen LogP contribution in [0, 0.1) is 0 Å². The lowest BCUT2D eigenvalue weighted by atomic mass is 9.95. The molecule has 4 heteroatoms. The first-order valence-electron chi connectivity index (χ1n) is 6.34. The van der Waals surface area contributed by atoms with Gasteiger partial charge in [-0.2, -0.15) is 0 Å². The molecule has 4 nitrogen and oxygen atoms in total. The van der Waals surface area contributed by atoms with Crippen molar-refractivity contribution in [3.8, 4) is 0 Å². The first-order chi connectivity index (χ1) is 9.33. The molecule has 0 saturated carbocycles. The summed E-state index contributed by atoms with van der Waals surface area (Å²) in [7, 11) is 0. The fourth-order valence-electron chi connectivity index (χ4n) is 2.30. The van der Waals surface area contributed by atoms with Crippen molar-refractivity contribution in [3.63, 3.8) is 0 Å². The van der Waals surface area contributed by atoms with Crippen molar-refractivity contribution < 1.29 is 4.79 Å². The summed E-state index contributed by atoms with van der Waals surface area (Å²) in [5.41, 5.74) is 3.30. The molecule has 0 radical (unpaired) electrons. The average Bonchev–Trinajstić information content (AvgIpc) is 2.48. The fraction of sp³-hybridized carbons (Fsp3) is 0.200. The smallest absolute Gasteiger partial charge is 0.241 e. The van der Waals surface area contributed by atoms with Gasteiger partial charge >= 0.3 is 0 Å². The molecule has 1 aliphatic rings. The van der Waals surface area contributed by atoms with Crippen molar-refractivity contribution in [1.82, 2.24) is 10.3 Å². The van der Waals surface area contributed by atoms with Crippen LogP contribution in [0.2, 0.25) is 0 Å². The van der Waals surface area contributed by atoms with Crippen LogP contribution < -0.4 is 10.6 Å². The Kier molecular flexibility index (Phi) is 3.25. The lowest BCUT2D eigenvalue weighted by molar-refractivity contribution is -0.118. The molecular formula is C15H15N3O. The van der Waals surface area contributed by atoms with Crippen LogP contribution in [0.4, 0.5) is 5.69 Å². The van der Waals surface area contributed by atoms with Crippen molar-refractivity contribution in [2.45, 2.75) is 19.0 Å². The Hall–Kier alpha value is -2.20. The lowest BCUT2D eigenvalue weighted by Gasteiger charge is -2.25. The lowest BCUT2D eigenvalue weighted by Crippen LogP contribution is -2.44. The number of nitrogens with zero attached hydrogens (tertiary/aromatic N) is 1. The van der Waals surface area contributed by atoms with Crippen LogP contribution in [0.1, 0.15) is 11.1 Å². The topological polar surface area (TPSA) is 54.0 Å². The molecular weight excluding hydrogens is 238 g/mol. The molecule has 2 heterocycles. The number of fused-ring (bicyclic) bond motifs is 1. The summed E-state index contributed by atoms with van der Waals surface area (Å²) in [6, 6.07) is 11.6. The number of hydrogen-bond acceptors (Lipinski definition) is 3. The molecule has 0 unspecified atom stereocenters. The zero-order valence-corrected chi connectivity index (χ0v) is 10.5. The third-order valence-corrected chi connectivity index (χ3v) is 3.35. The van der Waals surface area contributed by atoms with Gasteiger partial charge in [0.05, 0.1) is 6.04 Å². The average molecular weight is 253 g/mol. The predicted molar refractivity (Wildman–Crippen MR) is 73.6 cm³/mol. The molecule has 1 aromatic carbocycles. The van der Waals surface area contributed by atoms with Crippen LogP contribution in [-0.4, -0.2) is 16.9 Å². The summed E-state index contributed by atoms with van der Waals surface area (Å²) in [6.45, 7) is 0.741. The minimum atomic E-state index is -0.178. The number of amides is 1. The summed E-state index contributed by atoms with van der Waals surface area (Å²) < 4.78 is 0. The normalized spacial score (nSPS) is 17.6. The molecule has 1 aromatic heterocycles. The summed E-state index contributed by atoms with van der Waals surface area (Å²) in [6.07, 6.45) is 4.06. The third kappa shape index (κ3) is 2.63. The van der Waals surface area contributed by atoms with Gasteiger partial charge in [-0.3, -0.25) is 9.78 Å². The van der Waals surface area contributed by atoms with E-state index in [0.717, 1.165) is 18.7 Å². The van der Waals surface area contributed by atoms with E-state index >= 15 is 0 Å². The fourth-order valence-corrected chi connectivity index (χ4v) is 2.30. The number of carbonyl (C=O) groups is 1. The Labute approximate surface area is 111 Å². The Morgan fingerprint density at radius 3 is 2.68 bits per heavy atom. The van der Waals surface area contributed by atoms with Gasteiger partial charge in [-0.25, -0.2) is 0 Å². The van der Waals surface area contributed by atoms with E-state index in [4.69, 9.17) is 0 Å². The molecule has 2 aromatic rings. The van der Waals surface area contributed by atoms with E-state index < -0.39 is 0 Å². The minimum absolute atomic E-state index is 0.000651. The van der Waals surface area contributed by atoms with Gasteiger partial charge in [-0.15, -0.1) is 0 Å². The number of pyridine rings is 1. The molecule has 96 valence electrons. The molecule has 3 rings (SSSR count). The maximum absolute atomic E-state index is 12.2. The SMILES string of the molecule is O=C(Nc1ccncc1)[C@@H]1Cc2ccccc2CN1. The summed E-state index contributed by atoms with van der Waals surface area (Å²) in [5.74, 6) is 0.000651. The van der Waals surface area contributed by atoms with Crippen LogP contribution in [0.15, 0.2) is 48.8 Å². The highest BCUT2D eigenvalue weighted by molar-refractivity contribution is 5.95. The van der Waals surface area contributed by atoms with Gasteiger partial charge in [0.15, 0.2) is 0 Å². The van der Waals surface area contributed by atoms with Gasteiger partial charge < -0.3 is 10.6 Å². The third-order valence-electron chi connectivity index (χ3n) is 3.35. The summed E-state index contributed by atoms with van der Waals surface area (Å²) in [4.78, 5) is 16.1. The van der Waals surface area contributed by atoms with E-state index in [1.807, 2.05) is 12.1 Å². The number of carbonyl (C=O) groups excluding carboxylic acids is 1. The van der Waals surface area contributed by atoms with E-state index in [2.05, 4.69) is 27.8 Å². The van der Waals surface area contributed by atoms with E-state index in [1.165, 1.54) is 11.1 Å². The molecule has 0 bridgehead atoms. The number of hydrogen-bond donors (Lipinski definition) is 2. The van der Waals surface area contributed by atoms with Crippen LogP contribution >= 0.6 is 0 Å². The molecule has 0 aliphatic carbocycles. The van der Waals surface area contributed by atoms with Crippen LogP contribution in [0.3, 0.4) is 0 Å². The summed E-state index contributed by atoms with van der Waals surface area (Å²) >= 11 is 0. The zero-order valence-electron chi connectivity index (χ0n) is 10.5. The molecule has 2 N–H and O–H groups in total. The number of anilines is 1. The maximum Gasteiger partial charge on any atom is 0.241 e. The van der Waals surface area contributed by atoms with Crippen molar-refractivity contribution >= 4 is 11.6 Å². The number of benzene rings is 1. The minimum Gasteiger partial charge on any atom is -0.325 e. The largest absolute Gasteiger partial charge is 0.325 e. The quantitative estimate of drug-likeness (QED) is 0.857. The van der Waals surface area contributed by atoms with E-state index in [-0.39, 0.29) is 11.9 Å². The summed E-state index contributed by atoms with van der Waals surface area (Å²) in [5, 5.41) is 6.17. The molecule has 0 spiro atoms. The molecule has 1 atom stereocenters. The predicted octanol–water partition coefficient (Wildman–Crippen LogP) is 1.73. The number of aromatic nitrogens is 1. The molecule has 0 saturated heterocycles. The Bertz CT molecular complexity index is 583. The van der Waals surface area contributed by atoms with Crippen LogP contribution in [0.5, 0.6) is 0 Å². The van der Waals surface area contributed by atoms with Crippen LogP contribution in [-0.2, 0) is 17.8 Å². The monoisotopic (exact) mass is 253 g/mol. The first kappa shape index (κ1) is 11.9.